The summed E-state index contributed by atoms with van der Waals surface area (Å²) in [6.07, 6.45) is 1.73. The Morgan fingerprint density at radius 3 is 2.46 bits per heavy atom. The Hall–Kier alpha value is -2.42. The number of carbonyl (C=O) groups excluding carboxylic acids is 1. The second-order valence-corrected chi connectivity index (χ2v) is 7.38. The van der Waals surface area contributed by atoms with E-state index in [-0.39, 0.29) is 16.9 Å². The van der Waals surface area contributed by atoms with Gasteiger partial charge in [0.2, 0.25) is 11.3 Å². The number of benzene rings is 1. The van der Waals surface area contributed by atoms with Gasteiger partial charge in [-0.3, -0.25) is 9.59 Å². The van der Waals surface area contributed by atoms with Gasteiger partial charge in [-0.25, -0.2) is 9.18 Å². The van der Waals surface area contributed by atoms with Crippen molar-refractivity contribution in [3.05, 3.63) is 39.9 Å². The summed E-state index contributed by atoms with van der Waals surface area (Å²) in [6.45, 7) is 4.24. The zero-order chi connectivity index (χ0) is 20.4. The maximum atomic E-state index is 14.8. The smallest absolute Gasteiger partial charge is 0.341 e. The molecule has 0 unspecified atom stereocenters. The summed E-state index contributed by atoms with van der Waals surface area (Å²) in [4.78, 5) is 39.4. The van der Waals surface area contributed by atoms with Crippen LogP contribution >= 0.6 is 15.9 Å². The number of rotatable bonds is 5. The molecule has 2 heterocycles. The van der Waals surface area contributed by atoms with E-state index in [4.69, 9.17) is 0 Å². The number of aryl methyl sites for hydroxylation is 1. The predicted molar refractivity (Wildman–Crippen MR) is 108 cm³/mol. The molecule has 1 aromatic carbocycles. The Morgan fingerprint density at radius 1 is 1.21 bits per heavy atom. The van der Waals surface area contributed by atoms with Gasteiger partial charge < -0.3 is 19.5 Å². The van der Waals surface area contributed by atoms with Crippen molar-refractivity contribution >= 4 is 44.4 Å². The van der Waals surface area contributed by atoms with Crippen molar-refractivity contribution in [2.75, 3.05) is 36.4 Å². The Kier molecular flexibility index (Phi) is 6.02. The van der Waals surface area contributed by atoms with Crippen LogP contribution in [0.25, 0.3) is 10.9 Å². The van der Waals surface area contributed by atoms with E-state index in [1.54, 1.807) is 15.5 Å². The summed E-state index contributed by atoms with van der Waals surface area (Å²) in [5.74, 6) is -1.84. The fraction of sp³-hybridized carbons (Fsp3) is 0.421. The van der Waals surface area contributed by atoms with Crippen LogP contribution in [0.1, 0.15) is 23.7 Å². The number of carboxylic acids is 1. The van der Waals surface area contributed by atoms with Gasteiger partial charge in [0.05, 0.1) is 11.2 Å². The fourth-order valence-electron chi connectivity index (χ4n) is 3.49. The lowest BCUT2D eigenvalue weighted by molar-refractivity contribution is -0.131. The van der Waals surface area contributed by atoms with Crippen molar-refractivity contribution in [2.24, 2.45) is 0 Å². The Balaban J connectivity index is 1.97. The number of carboxylic acid groups (broad SMARTS) is 1. The summed E-state index contributed by atoms with van der Waals surface area (Å²) in [7, 11) is 0. The quantitative estimate of drug-likeness (QED) is 0.702. The number of carbonyl (C=O) groups is 2. The number of hydrogen-bond acceptors (Lipinski definition) is 4. The predicted octanol–water partition coefficient (Wildman–Crippen LogP) is 2.29. The molecule has 0 radical (unpaired) electrons. The SMILES string of the molecule is CCn1cc(C(=O)O)c(=O)c2cc(F)c(N3CCN(C(=O)CCBr)CC3)cc21. The van der Waals surface area contributed by atoms with Gasteiger partial charge in [-0.1, -0.05) is 15.9 Å². The van der Waals surface area contributed by atoms with Crippen LogP contribution in [0.15, 0.2) is 23.1 Å². The molecule has 1 saturated heterocycles. The van der Waals surface area contributed by atoms with E-state index in [1.165, 1.54) is 6.20 Å². The molecule has 2 aromatic rings. The molecule has 1 aliphatic heterocycles. The molecule has 1 aromatic heterocycles. The fourth-order valence-corrected chi connectivity index (χ4v) is 3.83. The molecule has 1 N–H and O–H groups in total. The lowest BCUT2D eigenvalue weighted by Crippen LogP contribution is -2.49. The maximum Gasteiger partial charge on any atom is 0.341 e. The van der Waals surface area contributed by atoms with Gasteiger partial charge in [0, 0.05) is 56.1 Å². The monoisotopic (exact) mass is 453 g/mol. The minimum Gasteiger partial charge on any atom is -0.477 e. The van der Waals surface area contributed by atoms with Crippen LogP contribution in [-0.2, 0) is 11.3 Å². The number of aromatic carboxylic acids is 1. The van der Waals surface area contributed by atoms with Crippen LogP contribution in [0.4, 0.5) is 10.1 Å². The highest BCUT2D eigenvalue weighted by Crippen LogP contribution is 2.26. The molecular formula is C19H21BrFN3O4. The first-order valence-electron chi connectivity index (χ1n) is 9.06. The van der Waals surface area contributed by atoms with Crippen LogP contribution < -0.4 is 10.3 Å². The average Bonchev–Trinajstić information content (AvgIpc) is 2.68. The van der Waals surface area contributed by atoms with Crippen LogP contribution in [0.2, 0.25) is 0 Å². The minimum absolute atomic E-state index is 0.0501. The molecule has 7 nitrogen and oxygen atoms in total. The first-order valence-corrected chi connectivity index (χ1v) is 10.2. The number of piperazine rings is 1. The van der Waals surface area contributed by atoms with Crippen molar-refractivity contribution in [1.82, 2.24) is 9.47 Å². The van der Waals surface area contributed by atoms with Crippen molar-refractivity contribution < 1.29 is 19.1 Å². The van der Waals surface area contributed by atoms with Crippen LogP contribution in [0, 0.1) is 5.82 Å². The Bertz CT molecular complexity index is 983. The number of hydrogen-bond donors (Lipinski definition) is 1. The third kappa shape index (κ3) is 3.76. The van der Waals surface area contributed by atoms with E-state index in [0.29, 0.717) is 55.7 Å². The topological polar surface area (TPSA) is 82.8 Å². The lowest BCUT2D eigenvalue weighted by Gasteiger charge is -2.36. The average molecular weight is 454 g/mol. The summed E-state index contributed by atoms with van der Waals surface area (Å²) < 4.78 is 16.4. The molecule has 28 heavy (non-hydrogen) atoms. The van der Waals surface area contributed by atoms with Gasteiger partial charge in [-0.15, -0.1) is 0 Å². The van der Waals surface area contributed by atoms with Crippen LogP contribution in [-0.4, -0.2) is 58.0 Å². The number of fused-ring (bicyclic) bond motifs is 1. The number of halogens is 2. The number of anilines is 1. The second-order valence-electron chi connectivity index (χ2n) is 6.59. The summed E-state index contributed by atoms with van der Waals surface area (Å²) in [5, 5.41) is 9.89. The Morgan fingerprint density at radius 2 is 1.89 bits per heavy atom. The van der Waals surface area contributed by atoms with E-state index >= 15 is 0 Å². The van der Waals surface area contributed by atoms with Crippen molar-refractivity contribution in [3.8, 4) is 0 Å². The van der Waals surface area contributed by atoms with Gasteiger partial charge in [0.15, 0.2) is 0 Å². The maximum absolute atomic E-state index is 14.8. The third-order valence-electron chi connectivity index (χ3n) is 5.00. The van der Waals surface area contributed by atoms with Crippen LogP contribution in [0.3, 0.4) is 0 Å². The highest BCUT2D eigenvalue weighted by Gasteiger charge is 2.24. The number of pyridine rings is 1. The molecule has 0 bridgehead atoms. The number of alkyl halides is 1. The van der Waals surface area contributed by atoms with E-state index in [0.717, 1.165) is 6.07 Å². The summed E-state index contributed by atoms with van der Waals surface area (Å²) in [5.41, 5.74) is -0.222. The summed E-state index contributed by atoms with van der Waals surface area (Å²) in [6, 6.07) is 2.71. The van der Waals surface area contributed by atoms with E-state index in [1.807, 2.05) is 11.8 Å². The highest BCUT2D eigenvalue weighted by molar-refractivity contribution is 9.09. The lowest BCUT2D eigenvalue weighted by atomic mass is 10.1. The van der Waals surface area contributed by atoms with Gasteiger partial charge in [0.1, 0.15) is 11.4 Å². The largest absolute Gasteiger partial charge is 0.477 e. The number of aromatic nitrogens is 1. The van der Waals surface area contributed by atoms with E-state index < -0.39 is 17.2 Å². The molecule has 0 aliphatic carbocycles. The number of nitrogens with zero attached hydrogens (tertiary/aromatic N) is 3. The van der Waals surface area contributed by atoms with Gasteiger partial charge in [0.25, 0.3) is 0 Å². The molecule has 1 fully saturated rings. The molecule has 9 heteroatoms. The zero-order valence-corrected chi connectivity index (χ0v) is 17.0. The number of amides is 1. The van der Waals surface area contributed by atoms with Gasteiger partial charge >= 0.3 is 5.97 Å². The van der Waals surface area contributed by atoms with Crippen molar-refractivity contribution in [1.29, 1.82) is 0 Å². The standard InChI is InChI=1S/C19H21BrFN3O4/c1-2-22-11-13(19(27)28)18(26)12-9-14(21)16(10-15(12)22)23-5-7-24(8-6-23)17(25)3-4-20/h9-11H,2-8H2,1H3,(H,27,28). The van der Waals surface area contributed by atoms with Gasteiger partial charge in [-0.2, -0.15) is 0 Å². The van der Waals surface area contributed by atoms with Gasteiger partial charge in [-0.05, 0) is 19.1 Å². The normalized spacial score (nSPS) is 14.5. The Labute approximate surface area is 169 Å². The third-order valence-corrected chi connectivity index (χ3v) is 5.40. The molecule has 0 saturated carbocycles. The van der Waals surface area contributed by atoms with Crippen molar-refractivity contribution in [2.45, 2.75) is 19.9 Å². The van der Waals surface area contributed by atoms with E-state index in [2.05, 4.69) is 15.9 Å². The minimum atomic E-state index is -1.33. The highest BCUT2D eigenvalue weighted by atomic mass is 79.9. The zero-order valence-electron chi connectivity index (χ0n) is 15.5. The summed E-state index contributed by atoms with van der Waals surface area (Å²) >= 11 is 3.26. The molecular weight excluding hydrogens is 433 g/mol. The molecule has 0 spiro atoms. The molecule has 150 valence electrons. The van der Waals surface area contributed by atoms with Crippen LogP contribution in [0.5, 0.6) is 0 Å². The van der Waals surface area contributed by atoms with Crippen molar-refractivity contribution in [3.63, 3.8) is 0 Å². The second kappa shape index (κ2) is 8.30. The molecule has 0 atom stereocenters. The first kappa shape index (κ1) is 20.3. The molecule has 1 amide bonds. The van der Waals surface area contributed by atoms with E-state index in [9.17, 15) is 23.9 Å². The first-order chi connectivity index (χ1) is 13.4. The molecule has 1 aliphatic rings. The molecule has 3 rings (SSSR count).